The quantitative estimate of drug-likeness (QED) is 0.663. The van der Waals surface area contributed by atoms with E-state index in [2.05, 4.69) is 5.32 Å². The van der Waals surface area contributed by atoms with Crippen molar-refractivity contribution >= 4 is 21.8 Å². The van der Waals surface area contributed by atoms with Crippen LogP contribution in [0, 0.1) is 0 Å². The van der Waals surface area contributed by atoms with E-state index in [1.165, 1.54) is 11.4 Å². The lowest BCUT2D eigenvalue weighted by atomic mass is 10.3. The van der Waals surface area contributed by atoms with Crippen molar-refractivity contribution in [2.24, 2.45) is 0 Å². The molecule has 1 rings (SSSR count). The smallest absolute Gasteiger partial charge is 0.282 e. The fourth-order valence-corrected chi connectivity index (χ4v) is 3.61. The van der Waals surface area contributed by atoms with Crippen LogP contribution in [-0.4, -0.2) is 49.6 Å². The van der Waals surface area contributed by atoms with E-state index in [9.17, 15) is 13.2 Å². The fraction of sp³-hybridized carbons (Fsp3) is 0.588. The molecule has 0 bridgehead atoms. The first kappa shape index (κ1) is 20.6. The summed E-state index contributed by atoms with van der Waals surface area (Å²) in [6, 6.07) is 9.01. The normalized spacial score (nSPS) is 11.9. The highest BCUT2D eigenvalue weighted by Crippen LogP contribution is 2.11. The lowest BCUT2D eigenvalue weighted by Gasteiger charge is -2.27. The highest BCUT2D eigenvalue weighted by molar-refractivity contribution is 7.86. The highest BCUT2D eigenvalue weighted by atomic mass is 32.2. The third-order valence-corrected chi connectivity index (χ3v) is 5.60. The van der Waals surface area contributed by atoms with Crippen molar-refractivity contribution in [2.75, 3.05) is 32.0 Å². The average Bonchev–Trinajstić information content (AvgIpc) is 2.55. The summed E-state index contributed by atoms with van der Waals surface area (Å²) in [5.41, 5.74) is 0.655. The number of likely N-dealkylation sites (N-methyl/N-ethyl adjacent to an activating group) is 1. The third-order valence-electron chi connectivity index (χ3n) is 3.67. The lowest BCUT2D eigenvalue weighted by molar-refractivity contribution is -0.116. The molecule has 0 aliphatic carbocycles. The molecule has 136 valence electrons. The third kappa shape index (κ3) is 6.59. The Bertz CT molecular complexity index is 582. The number of anilines is 1. The first-order valence-corrected chi connectivity index (χ1v) is 9.87. The van der Waals surface area contributed by atoms with Gasteiger partial charge in [-0.15, -0.1) is 0 Å². The number of hydrogen-bond donors (Lipinski definition) is 1. The molecule has 1 amide bonds. The van der Waals surface area contributed by atoms with Gasteiger partial charge in [0, 0.05) is 25.8 Å². The Labute approximate surface area is 146 Å². The molecule has 24 heavy (non-hydrogen) atoms. The summed E-state index contributed by atoms with van der Waals surface area (Å²) >= 11 is 0. The molecule has 0 radical (unpaired) electrons. The molecule has 0 heterocycles. The minimum atomic E-state index is -3.63. The molecule has 1 N–H and O–H groups in total. The van der Waals surface area contributed by atoms with E-state index < -0.39 is 10.2 Å². The summed E-state index contributed by atoms with van der Waals surface area (Å²) in [6.07, 6.45) is 3.48. The standard InChI is InChI=1S/C17H29N3O3S/c1-4-6-13-20(14-7-5-2)24(22,23)19(3)15-17(21)18-16-11-9-8-10-12-16/h8-12H,4-7,13-15H2,1-3H3,(H,18,21). The van der Waals surface area contributed by atoms with E-state index in [4.69, 9.17) is 0 Å². The number of benzene rings is 1. The van der Waals surface area contributed by atoms with Crippen molar-refractivity contribution in [2.45, 2.75) is 39.5 Å². The SMILES string of the molecule is CCCCN(CCCC)S(=O)(=O)N(C)CC(=O)Nc1ccccc1. The summed E-state index contributed by atoms with van der Waals surface area (Å²) in [6.45, 7) is 4.84. The van der Waals surface area contributed by atoms with Crippen molar-refractivity contribution in [3.05, 3.63) is 30.3 Å². The Morgan fingerprint density at radius 1 is 1.04 bits per heavy atom. The van der Waals surface area contributed by atoms with Crippen LogP contribution in [0.25, 0.3) is 0 Å². The topological polar surface area (TPSA) is 69.7 Å². The van der Waals surface area contributed by atoms with Crippen LogP contribution in [0.1, 0.15) is 39.5 Å². The molecule has 1 aromatic rings. The average molecular weight is 356 g/mol. The van der Waals surface area contributed by atoms with Crippen molar-refractivity contribution in [1.82, 2.24) is 8.61 Å². The molecule has 0 unspecified atom stereocenters. The summed E-state index contributed by atoms with van der Waals surface area (Å²) < 4.78 is 28.0. The van der Waals surface area contributed by atoms with Gasteiger partial charge in [0.15, 0.2) is 0 Å². The second kappa shape index (κ2) is 10.4. The monoisotopic (exact) mass is 355 g/mol. The van der Waals surface area contributed by atoms with Crippen molar-refractivity contribution in [3.63, 3.8) is 0 Å². The molecular formula is C17H29N3O3S. The zero-order valence-electron chi connectivity index (χ0n) is 14.9. The number of amides is 1. The van der Waals surface area contributed by atoms with Gasteiger partial charge >= 0.3 is 0 Å². The van der Waals surface area contributed by atoms with Gasteiger partial charge in [-0.2, -0.15) is 17.0 Å². The minimum absolute atomic E-state index is 0.202. The molecule has 7 heteroatoms. The Morgan fingerprint density at radius 3 is 2.08 bits per heavy atom. The molecule has 6 nitrogen and oxygen atoms in total. The van der Waals surface area contributed by atoms with Gasteiger partial charge in [0.1, 0.15) is 0 Å². The number of carbonyl (C=O) groups excluding carboxylic acids is 1. The van der Waals surface area contributed by atoms with E-state index in [0.717, 1.165) is 30.0 Å². The lowest BCUT2D eigenvalue weighted by Crippen LogP contribution is -2.45. The van der Waals surface area contributed by atoms with Crippen LogP contribution < -0.4 is 5.32 Å². The van der Waals surface area contributed by atoms with Gasteiger partial charge in [0.05, 0.1) is 6.54 Å². The molecule has 0 saturated heterocycles. The number of nitrogens with one attached hydrogen (secondary N) is 1. The Balaban J connectivity index is 2.69. The molecule has 0 saturated carbocycles. The second-order valence-electron chi connectivity index (χ2n) is 5.78. The highest BCUT2D eigenvalue weighted by Gasteiger charge is 2.27. The first-order valence-electron chi connectivity index (χ1n) is 8.48. The second-order valence-corrected chi connectivity index (χ2v) is 7.82. The maximum absolute atomic E-state index is 12.7. The van der Waals surface area contributed by atoms with Crippen LogP contribution in [0.2, 0.25) is 0 Å². The number of nitrogens with zero attached hydrogens (tertiary/aromatic N) is 2. The van der Waals surface area contributed by atoms with E-state index in [-0.39, 0.29) is 12.5 Å². The van der Waals surface area contributed by atoms with Crippen molar-refractivity contribution in [3.8, 4) is 0 Å². The van der Waals surface area contributed by atoms with Crippen molar-refractivity contribution in [1.29, 1.82) is 0 Å². The molecule has 0 spiro atoms. The van der Waals surface area contributed by atoms with E-state index in [0.29, 0.717) is 18.8 Å². The number of para-hydroxylation sites is 1. The van der Waals surface area contributed by atoms with Crippen LogP contribution in [0.5, 0.6) is 0 Å². The number of carbonyl (C=O) groups is 1. The summed E-state index contributed by atoms with van der Waals surface area (Å²) in [4.78, 5) is 12.1. The predicted molar refractivity (Wildman–Crippen MR) is 98.0 cm³/mol. The molecule has 0 aliphatic rings. The van der Waals surface area contributed by atoms with E-state index in [1.807, 2.05) is 32.0 Å². The van der Waals surface area contributed by atoms with Crippen LogP contribution in [0.4, 0.5) is 5.69 Å². The van der Waals surface area contributed by atoms with Crippen molar-refractivity contribution < 1.29 is 13.2 Å². The van der Waals surface area contributed by atoms with Crippen LogP contribution in [-0.2, 0) is 15.0 Å². The molecule has 1 aromatic carbocycles. The number of unbranched alkanes of at least 4 members (excludes halogenated alkanes) is 2. The van der Waals surface area contributed by atoms with E-state index >= 15 is 0 Å². The fourth-order valence-electron chi connectivity index (χ4n) is 2.21. The summed E-state index contributed by atoms with van der Waals surface area (Å²) in [7, 11) is -2.18. The van der Waals surface area contributed by atoms with Gasteiger partial charge in [-0.25, -0.2) is 0 Å². The number of rotatable bonds is 11. The van der Waals surface area contributed by atoms with Gasteiger partial charge in [-0.3, -0.25) is 4.79 Å². The van der Waals surface area contributed by atoms with Gasteiger partial charge < -0.3 is 5.32 Å². The van der Waals surface area contributed by atoms with Crippen LogP contribution >= 0.6 is 0 Å². The van der Waals surface area contributed by atoms with Gasteiger partial charge in [-0.1, -0.05) is 44.9 Å². The number of hydrogen-bond acceptors (Lipinski definition) is 3. The largest absolute Gasteiger partial charge is 0.325 e. The summed E-state index contributed by atoms with van der Waals surface area (Å²) in [5, 5.41) is 2.71. The molecular weight excluding hydrogens is 326 g/mol. The van der Waals surface area contributed by atoms with E-state index in [1.54, 1.807) is 12.1 Å². The minimum Gasteiger partial charge on any atom is -0.325 e. The predicted octanol–water partition coefficient (Wildman–Crippen LogP) is 2.70. The molecule has 0 aliphatic heterocycles. The van der Waals surface area contributed by atoms with Gasteiger partial charge in [-0.05, 0) is 25.0 Å². The maximum atomic E-state index is 12.7. The van der Waals surface area contributed by atoms with Gasteiger partial charge in [0.25, 0.3) is 10.2 Å². The Morgan fingerprint density at radius 2 is 1.58 bits per heavy atom. The molecule has 0 fully saturated rings. The Kier molecular flexibility index (Phi) is 8.95. The molecule has 0 atom stereocenters. The maximum Gasteiger partial charge on any atom is 0.282 e. The van der Waals surface area contributed by atoms with Crippen LogP contribution in [0.3, 0.4) is 0 Å². The van der Waals surface area contributed by atoms with Gasteiger partial charge in [0.2, 0.25) is 5.91 Å². The Hall–Kier alpha value is -1.44. The summed E-state index contributed by atoms with van der Waals surface area (Å²) in [5.74, 6) is -0.349. The zero-order chi connectivity index (χ0) is 18.0. The molecule has 0 aromatic heterocycles. The zero-order valence-corrected chi connectivity index (χ0v) is 15.7. The first-order chi connectivity index (χ1) is 11.4. The van der Waals surface area contributed by atoms with Crippen LogP contribution in [0.15, 0.2) is 30.3 Å².